The molecule has 1 rings (SSSR count). The highest BCUT2D eigenvalue weighted by molar-refractivity contribution is 5.82. The van der Waals surface area contributed by atoms with E-state index in [0.29, 0.717) is 0 Å². The third kappa shape index (κ3) is 1.58. The third-order valence-corrected chi connectivity index (χ3v) is 1.13. The summed E-state index contributed by atoms with van der Waals surface area (Å²) in [6.45, 7) is 2.40. The Hall–Kier alpha value is -1.46. The first-order valence-corrected chi connectivity index (χ1v) is 3.17. The molecule has 0 aromatic carbocycles. The summed E-state index contributed by atoms with van der Waals surface area (Å²) in [4.78, 5) is 13.6. The number of carbonyl (C=O) groups is 1. The number of aromatic carboxylic acids is 1. The van der Waals surface area contributed by atoms with Gasteiger partial charge in [-0.1, -0.05) is 0 Å². The van der Waals surface area contributed by atoms with Gasteiger partial charge in [-0.3, -0.25) is 0 Å². The van der Waals surface area contributed by atoms with Gasteiger partial charge in [-0.2, -0.15) is 4.98 Å². The molecule has 0 aliphatic heterocycles. The van der Waals surface area contributed by atoms with Crippen LogP contribution in [0.5, 0.6) is 0 Å². The number of carboxylic acid groups (broad SMARTS) is 1. The van der Waals surface area contributed by atoms with Crippen molar-refractivity contribution in [3.05, 3.63) is 11.7 Å². The Morgan fingerprint density at radius 1 is 1.67 bits per heavy atom. The van der Waals surface area contributed by atoms with Crippen molar-refractivity contribution in [3.8, 4) is 0 Å². The summed E-state index contributed by atoms with van der Waals surface area (Å²) >= 11 is 0. The summed E-state index contributed by atoms with van der Waals surface area (Å²) in [5, 5.41) is 11.4. The predicted molar refractivity (Wildman–Crippen MR) is 35.4 cm³/mol. The quantitative estimate of drug-likeness (QED) is 0.722. The zero-order chi connectivity index (χ0) is 9.35. The van der Waals surface area contributed by atoms with Gasteiger partial charge in [-0.25, -0.2) is 9.18 Å². The maximum absolute atomic E-state index is 13.0. The van der Waals surface area contributed by atoms with Crippen LogP contribution in [-0.4, -0.2) is 21.2 Å². The zero-order valence-electron chi connectivity index (χ0n) is 6.54. The number of halogens is 1. The van der Waals surface area contributed by atoms with Crippen LogP contribution in [0.25, 0.3) is 0 Å². The van der Waals surface area contributed by atoms with E-state index in [0.717, 1.165) is 0 Å². The van der Waals surface area contributed by atoms with Gasteiger partial charge in [0.05, 0.1) is 0 Å². The Morgan fingerprint density at radius 3 is 2.50 bits per heavy atom. The van der Waals surface area contributed by atoms with Crippen LogP contribution in [-0.2, 0) is 5.67 Å². The van der Waals surface area contributed by atoms with Crippen molar-refractivity contribution in [1.29, 1.82) is 0 Å². The van der Waals surface area contributed by atoms with Gasteiger partial charge in [0.15, 0.2) is 5.67 Å². The average molecular weight is 174 g/mol. The molecule has 6 heteroatoms. The average Bonchev–Trinajstić information content (AvgIpc) is 2.30. The van der Waals surface area contributed by atoms with E-state index in [4.69, 9.17) is 5.11 Å². The molecule has 1 N–H and O–H groups in total. The van der Waals surface area contributed by atoms with Crippen LogP contribution < -0.4 is 0 Å². The Kier molecular flexibility index (Phi) is 1.83. The second kappa shape index (κ2) is 2.54. The van der Waals surface area contributed by atoms with Crippen LogP contribution in [0.15, 0.2) is 4.52 Å². The number of hydrogen-bond donors (Lipinski definition) is 1. The minimum absolute atomic E-state index is 0.333. The van der Waals surface area contributed by atoms with E-state index in [-0.39, 0.29) is 5.89 Å². The first kappa shape index (κ1) is 8.63. The van der Waals surface area contributed by atoms with E-state index in [1.165, 1.54) is 13.8 Å². The van der Waals surface area contributed by atoms with Crippen molar-refractivity contribution in [1.82, 2.24) is 10.1 Å². The molecule has 0 unspecified atom stereocenters. The summed E-state index contributed by atoms with van der Waals surface area (Å²) in [5.41, 5.74) is -1.80. The topological polar surface area (TPSA) is 76.2 Å². The molecule has 0 aliphatic rings. The van der Waals surface area contributed by atoms with Gasteiger partial charge in [-0.05, 0) is 19.0 Å². The molecule has 0 bridgehead atoms. The molecule has 0 saturated carbocycles. The largest absolute Gasteiger partial charge is 0.475 e. The Labute approximate surface area is 67.2 Å². The number of carboxylic acids is 1. The standard InChI is InChI=1S/C6H7FN2O3/c1-6(2,7)5-8-3(4(10)11)9-12-5/h1-2H3,(H,10,11). The van der Waals surface area contributed by atoms with Gasteiger partial charge >= 0.3 is 5.97 Å². The summed E-state index contributed by atoms with van der Waals surface area (Å²) in [5.74, 6) is -2.20. The monoisotopic (exact) mass is 174 g/mol. The molecule has 0 spiro atoms. The second-order valence-corrected chi connectivity index (χ2v) is 2.70. The van der Waals surface area contributed by atoms with Gasteiger partial charge in [0.25, 0.3) is 11.7 Å². The van der Waals surface area contributed by atoms with E-state index < -0.39 is 17.5 Å². The fourth-order valence-electron chi connectivity index (χ4n) is 0.552. The highest BCUT2D eigenvalue weighted by Gasteiger charge is 2.28. The predicted octanol–water partition coefficient (Wildman–Crippen LogP) is 0.972. The van der Waals surface area contributed by atoms with E-state index in [1.54, 1.807) is 0 Å². The number of nitrogens with zero attached hydrogens (tertiary/aromatic N) is 2. The fraction of sp³-hybridized carbons (Fsp3) is 0.500. The lowest BCUT2D eigenvalue weighted by atomic mass is 10.2. The maximum atomic E-state index is 13.0. The van der Waals surface area contributed by atoms with Crippen molar-refractivity contribution in [2.24, 2.45) is 0 Å². The van der Waals surface area contributed by atoms with Crippen LogP contribution in [0.4, 0.5) is 4.39 Å². The highest BCUT2D eigenvalue weighted by Crippen LogP contribution is 2.21. The van der Waals surface area contributed by atoms with Crippen molar-refractivity contribution >= 4 is 5.97 Å². The van der Waals surface area contributed by atoms with Crippen molar-refractivity contribution in [3.63, 3.8) is 0 Å². The third-order valence-electron chi connectivity index (χ3n) is 1.13. The molecule has 0 atom stereocenters. The molecular weight excluding hydrogens is 167 g/mol. The summed E-state index contributed by atoms with van der Waals surface area (Å²) in [7, 11) is 0. The van der Waals surface area contributed by atoms with Gasteiger partial charge in [0.1, 0.15) is 0 Å². The summed E-state index contributed by atoms with van der Waals surface area (Å²) < 4.78 is 17.4. The van der Waals surface area contributed by atoms with Crippen LogP contribution in [0, 0.1) is 0 Å². The lowest BCUT2D eigenvalue weighted by Crippen LogP contribution is -2.10. The molecule has 0 fully saturated rings. The van der Waals surface area contributed by atoms with Crippen molar-refractivity contribution in [2.75, 3.05) is 0 Å². The van der Waals surface area contributed by atoms with Crippen molar-refractivity contribution < 1.29 is 18.8 Å². The lowest BCUT2D eigenvalue weighted by molar-refractivity contribution is 0.0680. The molecule has 0 saturated heterocycles. The summed E-state index contributed by atoms with van der Waals surface area (Å²) in [6, 6.07) is 0. The van der Waals surface area contributed by atoms with Gasteiger partial charge in [0.2, 0.25) is 0 Å². The van der Waals surface area contributed by atoms with Crippen LogP contribution in [0.2, 0.25) is 0 Å². The van der Waals surface area contributed by atoms with Crippen LogP contribution >= 0.6 is 0 Å². The molecule has 0 amide bonds. The SMILES string of the molecule is CC(C)(F)c1nc(C(=O)O)no1. The minimum atomic E-state index is -1.80. The smallest absolute Gasteiger partial charge is 0.377 e. The minimum Gasteiger partial charge on any atom is -0.475 e. The number of hydrogen-bond acceptors (Lipinski definition) is 4. The molecular formula is C6H7FN2O3. The normalized spacial score (nSPS) is 11.6. The molecule has 1 aromatic heterocycles. The highest BCUT2D eigenvalue weighted by atomic mass is 19.1. The molecule has 0 radical (unpaired) electrons. The zero-order valence-corrected chi connectivity index (χ0v) is 6.54. The number of aromatic nitrogens is 2. The van der Waals surface area contributed by atoms with Crippen molar-refractivity contribution in [2.45, 2.75) is 19.5 Å². The van der Waals surface area contributed by atoms with E-state index in [9.17, 15) is 9.18 Å². The Balaban J connectivity index is 3.00. The number of rotatable bonds is 2. The van der Waals surface area contributed by atoms with E-state index in [2.05, 4.69) is 14.7 Å². The molecule has 12 heavy (non-hydrogen) atoms. The molecule has 1 heterocycles. The summed E-state index contributed by atoms with van der Waals surface area (Å²) in [6.07, 6.45) is 0. The maximum Gasteiger partial charge on any atom is 0.377 e. The Bertz CT molecular complexity index is 302. The van der Waals surface area contributed by atoms with E-state index in [1.807, 2.05) is 0 Å². The number of alkyl halides is 1. The first-order chi connectivity index (χ1) is 5.41. The van der Waals surface area contributed by atoms with Gasteiger partial charge in [-0.15, -0.1) is 0 Å². The fourth-order valence-corrected chi connectivity index (χ4v) is 0.552. The first-order valence-electron chi connectivity index (χ1n) is 3.17. The van der Waals surface area contributed by atoms with Gasteiger partial charge < -0.3 is 9.63 Å². The van der Waals surface area contributed by atoms with Crippen LogP contribution in [0.3, 0.4) is 0 Å². The second-order valence-electron chi connectivity index (χ2n) is 2.70. The molecule has 1 aromatic rings. The Morgan fingerprint density at radius 2 is 2.25 bits per heavy atom. The van der Waals surface area contributed by atoms with Gasteiger partial charge in [0, 0.05) is 0 Å². The van der Waals surface area contributed by atoms with Crippen LogP contribution in [0.1, 0.15) is 30.4 Å². The molecule has 5 nitrogen and oxygen atoms in total. The molecule has 66 valence electrons. The molecule has 0 aliphatic carbocycles. The van der Waals surface area contributed by atoms with E-state index >= 15 is 0 Å². The lowest BCUT2D eigenvalue weighted by Gasteiger charge is -2.05.